The SMILES string of the molecule is CN[C@@H]1C[C@H]2O[C@@](C)([C@@H]1C)n1c3ccccc3c3c4c(c5c6ccccc6n2c5c31)C(=O)NC4.CN[C@@H]1C[C@H]2O[C@@](C)([C@@H]1C)n1c3ccccc3c3c4c(c5c6ccccc6n2c5c31)C(=O)NC4=O.CN[C@@H]1C[C@H]2O[C@@](C)([C@@H]1C)n1c3ccccc3c3c4c(c5c6ccccc6n2c5c31)CNC4=O. The molecular formula is C84H76N12O7. The second kappa shape index (κ2) is 20.3. The number of amides is 4. The minimum atomic E-state index is -0.668. The van der Waals surface area contributed by atoms with Gasteiger partial charge in [0, 0.05) is 133 Å². The van der Waals surface area contributed by atoms with E-state index in [0.717, 1.165) is 134 Å². The summed E-state index contributed by atoms with van der Waals surface area (Å²) in [6.07, 6.45) is 2.09. The Kier molecular flexibility index (Phi) is 11.9. The van der Waals surface area contributed by atoms with Gasteiger partial charge in [0.2, 0.25) is 0 Å². The Bertz CT molecular complexity index is 6500. The maximum atomic E-state index is 13.3. The van der Waals surface area contributed by atoms with Crippen molar-refractivity contribution in [2.45, 2.75) is 128 Å². The molecule has 19 nitrogen and oxygen atoms in total. The van der Waals surface area contributed by atoms with Gasteiger partial charge in [0.05, 0.1) is 88.5 Å². The molecule has 3 fully saturated rings. The molecule has 4 amide bonds. The lowest BCUT2D eigenvalue weighted by Gasteiger charge is -2.48. The molecule has 9 aromatic carbocycles. The average molecular weight is 1370 g/mol. The number of carbonyl (C=O) groups excluding carboxylic acids is 4. The molecule has 9 aliphatic rings. The van der Waals surface area contributed by atoms with Gasteiger partial charge in [-0.05, 0) is 89.4 Å². The Balaban J connectivity index is 0.0000000974. The molecule has 103 heavy (non-hydrogen) atoms. The zero-order chi connectivity index (χ0) is 69.7. The number of nitrogens with zero attached hydrogens (tertiary/aromatic N) is 6. The molecule has 0 spiro atoms. The number of ether oxygens (including phenoxy) is 3. The highest BCUT2D eigenvalue weighted by atomic mass is 16.6. The summed E-state index contributed by atoms with van der Waals surface area (Å²) < 4.78 is 35.6. The molecule has 6 bridgehead atoms. The third-order valence-corrected chi connectivity index (χ3v) is 26.6. The summed E-state index contributed by atoms with van der Waals surface area (Å²) in [6, 6.07) is 51.3. The highest BCUT2D eigenvalue weighted by Crippen LogP contribution is 2.59. The number of nitrogens with one attached hydrogen (secondary N) is 6. The molecule has 0 unspecified atom stereocenters. The lowest BCUT2D eigenvalue weighted by Crippen LogP contribution is -2.54. The van der Waals surface area contributed by atoms with Crippen molar-refractivity contribution in [3.05, 3.63) is 179 Å². The molecule has 15 aromatic rings. The molecule has 15 heterocycles. The summed E-state index contributed by atoms with van der Waals surface area (Å²) in [5, 5.41) is 32.3. The van der Waals surface area contributed by atoms with Gasteiger partial charge < -0.3 is 68.2 Å². The van der Waals surface area contributed by atoms with E-state index < -0.39 is 17.2 Å². The quantitative estimate of drug-likeness (QED) is 0.0926. The van der Waals surface area contributed by atoms with Crippen LogP contribution in [0.5, 0.6) is 0 Å². The minimum absolute atomic E-state index is 0.0241. The molecule has 6 N–H and O–H groups in total. The third-order valence-electron chi connectivity index (χ3n) is 26.6. The fourth-order valence-corrected chi connectivity index (χ4v) is 21.7. The van der Waals surface area contributed by atoms with Gasteiger partial charge in [-0.15, -0.1) is 0 Å². The van der Waals surface area contributed by atoms with Crippen LogP contribution in [0.2, 0.25) is 0 Å². The van der Waals surface area contributed by atoms with Crippen LogP contribution >= 0.6 is 0 Å². The van der Waals surface area contributed by atoms with Crippen LogP contribution in [0, 0.1) is 17.8 Å². The molecular weight excluding hydrogens is 1290 g/mol. The maximum Gasteiger partial charge on any atom is 0.259 e. The number of hydrogen-bond donors (Lipinski definition) is 6. The summed E-state index contributed by atoms with van der Waals surface area (Å²) in [4.78, 5) is 53.2. The zero-order valence-electron chi connectivity index (χ0n) is 58.6. The number of para-hydroxylation sites is 6. The van der Waals surface area contributed by atoms with E-state index in [1.807, 2.05) is 37.4 Å². The van der Waals surface area contributed by atoms with Gasteiger partial charge in [0.15, 0.2) is 0 Å². The van der Waals surface area contributed by atoms with Crippen molar-refractivity contribution in [3.8, 4) is 0 Å². The fourth-order valence-electron chi connectivity index (χ4n) is 21.7. The van der Waals surface area contributed by atoms with Gasteiger partial charge in [-0.3, -0.25) is 24.5 Å². The zero-order valence-corrected chi connectivity index (χ0v) is 58.6. The first-order valence-electron chi connectivity index (χ1n) is 36.6. The molecule has 0 aliphatic carbocycles. The first kappa shape index (κ1) is 60.2. The maximum absolute atomic E-state index is 13.3. The van der Waals surface area contributed by atoms with Crippen LogP contribution in [-0.2, 0) is 44.5 Å². The summed E-state index contributed by atoms with van der Waals surface area (Å²) in [6.45, 7) is 14.6. The fraction of sp³-hybridized carbons (Fsp3) is 0.310. The molecule has 24 rings (SSSR count). The van der Waals surface area contributed by atoms with Crippen molar-refractivity contribution < 1.29 is 33.4 Å². The number of fused-ring (bicyclic) bond motifs is 39. The standard InChI is InChI=1S/C28H24N4O3.2C28H26N4O2/c1-13-16(29-3)12-19-31-17-10-6-4-8-14(17)20-22-23(27(34)30-26(22)33)21-15-9-5-7-11-18(15)32(25(21)24(20)31)28(13,2)35-19;1-14-18(29-3)12-21-31-19-10-6-4-8-15(19)23-24-17(13-30-27(24)33)22-16-9-5-7-11-20(16)32(26(22)25(23)31)28(14,2)34-21;1-14-18(29-3)12-21-31-19-10-6-4-8-15(19)22-17-13-30-27(33)24(17)23-16-9-5-7-11-20(16)32(26(23)25(22)31)28(14,2)34-21/h4-11,13,16,19,29H,12H2,1-3H3,(H,30,33,34);2*4-11,14,18,21,29H,12-13H2,1-3H3,(H,30,33)/t13-,16-,19-,28+;2*14-,18-,21-,28+/m111/s1. The Morgan fingerprint density at radius 3 is 0.971 bits per heavy atom. The average Bonchev–Trinajstić information content (AvgIpc) is 1.52. The molecule has 12 atom stereocenters. The number of aromatic nitrogens is 6. The van der Waals surface area contributed by atoms with Crippen molar-refractivity contribution in [3.63, 3.8) is 0 Å². The lowest BCUT2D eigenvalue weighted by molar-refractivity contribution is -0.224. The largest absolute Gasteiger partial charge is 0.348 e. The third kappa shape index (κ3) is 7.07. The Labute approximate surface area is 589 Å². The first-order valence-corrected chi connectivity index (χ1v) is 36.6. The number of benzene rings is 9. The van der Waals surface area contributed by atoms with Gasteiger partial charge in [-0.1, -0.05) is 130 Å². The van der Waals surface area contributed by atoms with E-state index in [4.69, 9.17) is 14.2 Å². The number of carbonyl (C=O) groups is 4. The highest BCUT2D eigenvalue weighted by Gasteiger charge is 2.55. The second-order valence-corrected chi connectivity index (χ2v) is 30.8. The lowest BCUT2D eigenvalue weighted by atomic mass is 9.85. The van der Waals surface area contributed by atoms with Crippen LogP contribution in [0.1, 0.15) is 132 Å². The van der Waals surface area contributed by atoms with Crippen molar-refractivity contribution >= 4 is 154 Å². The minimum Gasteiger partial charge on any atom is -0.348 e. The van der Waals surface area contributed by atoms with E-state index in [2.05, 4.69) is 230 Å². The van der Waals surface area contributed by atoms with Crippen LogP contribution in [0.25, 0.3) is 131 Å². The molecule has 0 saturated carbocycles. The Morgan fingerprint density at radius 1 is 0.350 bits per heavy atom. The predicted octanol–water partition coefficient (Wildman–Crippen LogP) is 14.6. The normalized spacial score (nSPS) is 27.6. The van der Waals surface area contributed by atoms with Crippen LogP contribution in [-0.4, -0.2) is 90.3 Å². The van der Waals surface area contributed by atoms with Crippen LogP contribution < -0.4 is 31.9 Å². The molecule has 6 aromatic heterocycles. The van der Waals surface area contributed by atoms with Crippen LogP contribution in [0.3, 0.4) is 0 Å². The van der Waals surface area contributed by atoms with Gasteiger partial charge in [-0.2, -0.15) is 0 Å². The van der Waals surface area contributed by atoms with E-state index in [9.17, 15) is 19.2 Å². The highest BCUT2D eigenvalue weighted by molar-refractivity contribution is 6.40. The first-order chi connectivity index (χ1) is 50.0. The monoisotopic (exact) mass is 1360 g/mol. The summed E-state index contributed by atoms with van der Waals surface area (Å²) in [5.74, 6) is 0.0110. The summed E-state index contributed by atoms with van der Waals surface area (Å²) in [5.41, 5.74) is 16.2. The molecule has 19 heteroatoms. The van der Waals surface area contributed by atoms with Gasteiger partial charge in [-0.25, -0.2) is 0 Å². The second-order valence-electron chi connectivity index (χ2n) is 30.8. The van der Waals surface area contributed by atoms with Gasteiger partial charge >= 0.3 is 0 Å². The molecule has 9 aliphatic heterocycles. The Morgan fingerprint density at radius 2 is 0.612 bits per heavy atom. The van der Waals surface area contributed by atoms with Crippen molar-refractivity contribution in [2.75, 3.05) is 21.1 Å². The van der Waals surface area contributed by atoms with Crippen LogP contribution in [0.15, 0.2) is 146 Å². The number of rotatable bonds is 3. The molecule has 514 valence electrons. The van der Waals surface area contributed by atoms with Crippen LogP contribution in [0.4, 0.5) is 0 Å². The predicted molar refractivity (Wildman–Crippen MR) is 403 cm³/mol. The molecule has 3 saturated heterocycles. The number of hydrogen-bond acceptors (Lipinski definition) is 10. The number of imide groups is 1. The summed E-state index contributed by atoms with van der Waals surface area (Å²) >= 11 is 0. The smallest absolute Gasteiger partial charge is 0.259 e. The van der Waals surface area contributed by atoms with Crippen molar-refractivity contribution in [1.82, 2.24) is 59.3 Å². The van der Waals surface area contributed by atoms with Crippen molar-refractivity contribution in [1.29, 1.82) is 0 Å². The Hall–Kier alpha value is -10.4. The van der Waals surface area contributed by atoms with Gasteiger partial charge in [0.1, 0.15) is 35.9 Å². The van der Waals surface area contributed by atoms with E-state index in [1.165, 1.54) is 38.1 Å². The van der Waals surface area contributed by atoms with Crippen molar-refractivity contribution in [2.24, 2.45) is 17.8 Å². The van der Waals surface area contributed by atoms with Gasteiger partial charge in [0.25, 0.3) is 23.6 Å². The topological polar surface area (TPSA) is 198 Å². The van der Waals surface area contributed by atoms with E-state index >= 15 is 0 Å². The summed E-state index contributed by atoms with van der Waals surface area (Å²) in [7, 11) is 6.13. The molecule has 0 radical (unpaired) electrons. The van der Waals surface area contributed by atoms with E-state index in [-0.39, 0.29) is 66.1 Å². The van der Waals surface area contributed by atoms with E-state index in [1.54, 1.807) is 0 Å². The van der Waals surface area contributed by atoms with E-state index in [0.29, 0.717) is 36.3 Å².